The lowest BCUT2D eigenvalue weighted by molar-refractivity contribution is 0.570. The van der Waals surface area contributed by atoms with E-state index in [0.29, 0.717) is 11.4 Å². The van der Waals surface area contributed by atoms with Crippen molar-refractivity contribution in [2.75, 3.05) is 0 Å². The summed E-state index contributed by atoms with van der Waals surface area (Å²) in [4.78, 5) is 0. The van der Waals surface area contributed by atoms with Crippen LogP contribution in [0.15, 0.2) is 24.3 Å². The van der Waals surface area contributed by atoms with E-state index in [1.807, 2.05) is 18.2 Å². The number of rotatable bonds is 2. The zero-order valence-electron chi connectivity index (χ0n) is 5.75. The molecule has 0 amide bonds. The van der Waals surface area contributed by atoms with Crippen molar-refractivity contribution >= 4 is 28.9 Å². The van der Waals surface area contributed by atoms with Gasteiger partial charge in [-0.2, -0.15) is 0 Å². The Morgan fingerprint density at radius 1 is 1.45 bits per heavy atom. The van der Waals surface area contributed by atoms with E-state index < -0.39 is 0 Å². The maximum atomic E-state index is 9.01. The van der Waals surface area contributed by atoms with Gasteiger partial charge in [0.05, 0.1) is 0 Å². The first-order valence-corrected chi connectivity index (χ1v) is 4.07. The number of aliphatic hydroxyl groups is 1. The Kier molecular flexibility index (Phi) is 2.85. The van der Waals surface area contributed by atoms with Gasteiger partial charge in [0.25, 0.3) is 0 Å². The van der Waals surface area contributed by atoms with Gasteiger partial charge in [0.2, 0.25) is 0 Å². The Balaban J connectivity index is 3.12. The number of aliphatic hydroxyl groups excluding tert-OH is 1. The van der Waals surface area contributed by atoms with Crippen LogP contribution in [0.2, 0.25) is 0 Å². The van der Waals surface area contributed by atoms with Crippen molar-refractivity contribution in [2.24, 2.45) is 0 Å². The summed E-state index contributed by atoms with van der Waals surface area (Å²) in [5, 5.41) is 8.91. The highest BCUT2D eigenvalue weighted by Crippen LogP contribution is 2.11. The van der Waals surface area contributed by atoms with E-state index in [4.69, 9.17) is 16.7 Å². The van der Waals surface area contributed by atoms with Gasteiger partial charge in [-0.3, -0.25) is 0 Å². The summed E-state index contributed by atoms with van der Waals surface area (Å²) in [6.07, 6.45) is 0. The van der Waals surface area contributed by atoms with E-state index in [1.165, 1.54) is 0 Å². The van der Waals surface area contributed by atoms with Gasteiger partial charge in [-0.15, -0.1) is 11.6 Å². The average molecular weight is 187 g/mol. The van der Waals surface area contributed by atoms with Gasteiger partial charge < -0.3 is 5.11 Å². The Labute approximate surface area is 75.6 Å². The molecule has 1 nitrogen and oxygen atoms in total. The van der Waals surface area contributed by atoms with Gasteiger partial charge in [0, 0.05) is 11.4 Å². The average Bonchev–Trinajstić information content (AvgIpc) is 2.04. The van der Waals surface area contributed by atoms with Gasteiger partial charge in [-0.1, -0.05) is 24.3 Å². The van der Waals surface area contributed by atoms with Crippen molar-refractivity contribution in [3.8, 4) is 0 Å². The summed E-state index contributed by atoms with van der Waals surface area (Å²) in [5.74, 6) is 0.372. The Bertz CT molecular complexity index is 273. The van der Waals surface area contributed by atoms with Crippen molar-refractivity contribution in [3.63, 3.8) is 0 Å². The minimum Gasteiger partial charge on any atom is -0.499 e. The van der Waals surface area contributed by atoms with Crippen LogP contribution in [0.25, 0.3) is 0 Å². The molecule has 1 aromatic rings. The summed E-state index contributed by atoms with van der Waals surface area (Å²) in [5.41, 5.74) is 1.51. The molecule has 0 spiro atoms. The third kappa shape index (κ3) is 1.91. The lowest BCUT2D eigenvalue weighted by Crippen LogP contribution is -1.98. The van der Waals surface area contributed by atoms with Gasteiger partial charge in [-0.05, 0) is 17.8 Å². The van der Waals surface area contributed by atoms with Crippen molar-refractivity contribution < 1.29 is 5.11 Å². The van der Waals surface area contributed by atoms with Crippen LogP contribution in [0.4, 0.5) is 0 Å². The molecule has 1 N–H and O–H groups in total. The minimum absolute atomic E-state index is 0.0961. The molecule has 58 valence electrons. The molecular weight excluding hydrogens is 180 g/mol. The topological polar surface area (TPSA) is 20.2 Å². The number of alkyl halides is 1. The van der Waals surface area contributed by atoms with Crippen LogP contribution < -0.4 is 0 Å². The number of benzene rings is 1. The molecule has 0 saturated heterocycles. The summed E-state index contributed by atoms with van der Waals surface area (Å²) in [7, 11) is 0. The molecule has 0 aliphatic rings. The van der Waals surface area contributed by atoms with Crippen LogP contribution in [0, 0.1) is 0 Å². The van der Waals surface area contributed by atoms with Crippen molar-refractivity contribution in [1.29, 1.82) is 0 Å². The fraction of sp³-hybridized carbons (Fsp3) is 0.125. The third-order valence-corrected chi connectivity index (χ3v) is 1.90. The summed E-state index contributed by atoms with van der Waals surface area (Å²) in [6.45, 7) is 0. The second kappa shape index (κ2) is 3.69. The van der Waals surface area contributed by atoms with E-state index >= 15 is 0 Å². The van der Waals surface area contributed by atoms with E-state index in [1.54, 1.807) is 6.07 Å². The molecule has 0 saturated carbocycles. The molecule has 0 aliphatic carbocycles. The maximum absolute atomic E-state index is 9.01. The molecule has 0 aliphatic heterocycles. The van der Waals surface area contributed by atoms with E-state index in [2.05, 4.69) is 12.2 Å². The fourth-order valence-electron chi connectivity index (χ4n) is 0.845. The smallest absolute Gasteiger partial charge is 0.188 e. The first-order valence-electron chi connectivity index (χ1n) is 3.13. The number of thiocarbonyl (C=S) groups is 1. The summed E-state index contributed by atoms with van der Waals surface area (Å²) < 4.78 is 0. The summed E-state index contributed by atoms with van der Waals surface area (Å²) in [6, 6.07) is 7.26. The molecular formula is C8H7ClOS. The van der Waals surface area contributed by atoms with Crippen LogP contribution in [-0.2, 0) is 5.88 Å². The quantitative estimate of drug-likeness (QED) is 0.566. The highest BCUT2D eigenvalue weighted by molar-refractivity contribution is 7.80. The molecule has 3 heteroatoms. The zero-order valence-corrected chi connectivity index (χ0v) is 7.32. The van der Waals surface area contributed by atoms with Gasteiger partial charge >= 0.3 is 0 Å². The monoisotopic (exact) mass is 186 g/mol. The van der Waals surface area contributed by atoms with E-state index in [-0.39, 0.29) is 5.05 Å². The van der Waals surface area contributed by atoms with Crippen molar-refractivity contribution in [1.82, 2.24) is 0 Å². The highest BCUT2D eigenvalue weighted by atomic mass is 35.5. The van der Waals surface area contributed by atoms with E-state index in [0.717, 1.165) is 5.56 Å². The second-order valence-electron chi connectivity index (χ2n) is 2.10. The first kappa shape index (κ1) is 8.50. The molecule has 0 atom stereocenters. The van der Waals surface area contributed by atoms with Crippen molar-refractivity contribution in [3.05, 3.63) is 35.4 Å². The zero-order chi connectivity index (χ0) is 8.27. The Morgan fingerprint density at radius 3 is 2.55 bits per heavy atom. The molecule has 0 fully saturated rings. The largest absolute Gasteiger partial charge is 0.499 e. The minimum atomic E-state index is -0.0961. The number of halogens is 1. The van der Waals surface area contributed by atoms with Gasteiger partial charge in [0.1, 0.15) is 0 Å². The highest BCUT2D eigenvalue weighted by Gasteiger charge is 2.02. The molecule has 11 heavy (non-hydrogen) atoms. The first-order chi connectivity index (χ1) is 5.25. The SMILES string of the molecule is OC(=S)c1ccccc1CCl. The number of hydrogen-bond donors (Lipinski definition) is 1. The molecule has 1 aromatic carbocycles. The lowest BCUT2D eigenvalue weighted by Gasteiger charge is -2.01. The van der Waals surface area contributed by atoms with Gasteiger partial charge in [-0.25, -0.2) is 0 Å². The van der Waals surface area contributed by atoms with Crippen LogP contribution in [0.5, 0.6) is 0 Å². The second-order valence-corrected chi connectivity index (χ2v) is 2.75. The van der Waals surface area contributed by atoms with Crippen LogP contribution in [-0.4, -0.2) is 10.2 Å². The van der Waals surface area contributed by atoms with Crippen LogP contribution in [0.3, 0.4) is 0 Å². The number of hydrogen-bond acceptors (Lipinski definition) is 1. The molecule has 0 bridgehead atoms. The summed E-state index contributed by atoms with van der Waals surface area (Å²) >= 11 is 10.2. The van der Waals surface area contributed by atoms with Crippen LogP contribution >= 0.6 is 23.8 Å². The van der Waals surface area contributed by atoms with Crippen molar-refractivity contribution in [2.45, 2.75) is 5.88 Å². The Morgan fingerprint density at radius 2 is 2.09 bits per heavy atom. The lowest BCUT2D eigenvalue weighted by atomic mass is 10.1. The molecule has 0 heterocycles. The normalized spacial score (nSPS) is 9.55. The molecule has 0 unspecified atom stereocenters. The van der Waals surface area contributed by atoms with Crippen LogP contribution in [0.1, 0.15) is 11.1 Å². The Hall–Kier alpha value is -0.600. The molecule has 0 radical (unpaired) electrons. The molecule has 0 aromatic heterocycles. The fourth-order valence-corrected chi connectivity index (χ4v) is 1.28. The van der Waals surface area contributed by atoms with E-state index in [9.17, 15) is 0 Å². The third-order valence-electron chi connectivity index (χ3n) is 1.39. The maximum Gasteiger partial charge on any atom is 0.188 e. The predicted molar refractivity (Wildman–Crippen MR) is 50.3 cm³/mol. The van der Waals surface area contributed by atoms with Gasteiger partial charge in [0.15, 0.2) is 5.05 Å². The molecule has 1 rings (SSSR count). The standard InChI is InChI=1S/C8H7ClOS/c9-5-6-3-1-2-4-7(6)8(10)11/h1-4H,5H2,(H,10,11). The predicted octanol–water partition coefficient (Wildman–Crippen LogP) is 2.66.